The van der Waals surface area contributed by atoms with Gasteiger partial charge in [-0.3, -0.25) is 0 Å². The van der Waals surface area contributed by atoms with Gasteiger partial charge in [0.05, 0.1) is 0 Å². The zero-order chi connectivity index (χ0) is 39.5. The molecule has 0 amide bonds. The zero-order valence-electron chi connectivity index (χ0n) is 29.3. The minimum atomic E-state index is -1.41. The molecule has 2 aromatic heterocycles. The molecule has 0 unspecified atom stereocenters. The number of aromatic nitrogens is 2. The molecular weight excluding hydrogens is 860 g/mol. The number of rotatable bonds is 7. The van der Waals surface area contributed by atoms with Crippen LogP contribution in [0.4, 0.5) is 11.4 Å². The molecule has 0 fully saturated rings. The fraction of sp³-hybridized carbons (Fsp3) is 0.128. The number of ether oxygens (including phenoxy) is 1. The zero-order valence-corrected chi connectivity index (χ0v) is 34.2. The number of hydrogen-bond acceptors (Lipinski definition) is 7. The van der Waals surface area contributed by atoms with E-state index in [0.29, 0.717) is 48.1 Å². The summed E-state index contributed by atoms with van der Waals surface area (Å²) in [6.07, 6.45) is 0. The monoisotopic (exact) mass is 892 g/mol. The molecule has 3 N–H and O–H groups in total. The van der Waals surface area contributed by atoms with Gasteiger partial charge in [-0.25, -0.2) is 0 Å². The van der Waals surface area contributed by atoms with E-state index in [-0.39, 0.29) is 35.0 Å². The van der Waals surface area contributed by atoms with Gasteiger partial charge in [-0.1, -0.05) is 23.7 Å². The van der Waals surface area contributed by atoms with Crippen LogP contribution in [0.3, 0.4) is 0 Å². The molecule has 272 valence electrons. The Hall–Kier alpha value is -4.78. The first-order valence-corrected chi connectivity index (χ1v) is 20.2. The molecule has 4 aromatic carbocycles. The summed E-state index contributed by atoms with van der Waals surface area (Å²) in [5.41, 5.74) is 7.25. The van der Waals surface area contributed by atoms with Crippen molar-refractivity contribution in [2.75, 3.05) is 6.61 Å². The maximum atomic E-state index is 11.8. The van der Waals surface area contributed by atoms with Crippen LogP contribution in [0.15, 0.2) is 84.9 Å². The van der Waals surface area contributed by atoms with Crippen molar-refractivity contribution in [3.8, 4) is 31.4 Å². The third-order valence-corrected chi connectivity index (χ3v) is 13.0. The van der Waals surface area contributed by atoms with Crippen LogP contribution >= 0.6 is 23.2 Å². The molecule has 0 aliphatic rings. The molecule has 15 heteroatoms. The molecule has 6 rings (SSSR count). The molecule has 6 aromatic rings. The Morgan fingerprint density at radius 3 is 1.72 bits per heavy atom. The Morgan fingerprint density at radius 2 is 1.22 bits per heavy atom. The molecule has 0 aliphatic heterocycles. The van der Waals surface area contributed by atoms with Crippen molar-refractivity contribution in [3.05, 3.63) is 144 Å². The van der Waals surface area contributed by atoms with E-state index in [4.69, 9.17) is 51.1 Å². The number of carbonyl (C=O) groups excluding carboxylic acids is 1. The second kappa shape index (κ2) is 19.5. The van der Waals surface area contributed by atoms with Crippen LogP contribution in [0.25, 0.3) is 41.1 Å². The number of carboxylic acids is 1. The molecule has 0 aliphatic carbocycles. The van der Waals surface area contributed by atoms with Gasteiger partial charge in [-0.2, -0.15) is 0 Å². The van der Waals surface area contributed by atoms with Gasteiger partial charge in [0.2, 0.25) is 0 Å². The first-order valence-electron chi connectivity index (χ1n) is 16.0. The standard InChI is InChI=1S/C18H11ClN2O2Se.C15H14N2O2Se.C6H6BClO2/c1-10-16(18(22)23)24-17(21-10)12-5-8-14(15(9-12)20-2)11-3-6-13(19)7-4-11;1-5-19-15(18)13-10(3)17-14(20-13)11-7-6-9(2)12(8-11)16-4;8-6-3-1-5(2-4-6)7(9)10/h3-9H,1H3,(H,22,23);6-8H,5H2,1-3H3;1-4,9-10H. The molecule has 0 spiro atoms. The fourth-order valence-corrected chi connectivity index (χ4v) is 8.90. The molecule has 10 nitrogen and oxygen atoms in total. The minimum absolute atomic E-state index is 0.162. The molecular formula is C39H31BCl2N4O6Se2. The number of aromatic carboxylic acids is 1. The molecule has 0 saturated heterocycles. The Bertz CT molecular complexity index is 2370. The Kier molecular flexibility index (Phi) is 15.2. The number of nitrogens with zero attached hydrogens (tertiary/aromatic N) is 4. The predicted octanol–water partition coefficient (Wildman–Crippen LogP) is 7.85. The van der Waals surface area contributed by atoms with Crippen LogP contribution in [0.5, 0.6) is 0 Å². The SMILES string of the molecule is OB(O)c1ccc(Cl)cc1.[C-]#[N+]c1cc(-c2nc(C)c(C(=O)O)[se]2)ccc1-c1ccc(Cl)cc1.[C-]#[N+]c1cc(-c2nc(C)c(C(=O)OCC)[se]2)ccc1C. The third kappa shape index (κ3) is 10.9. The second-order valence-electron chi connectivity index (χ2n) is 11.3. The number of halogens is 2. The number of aryl methyl sites for hydroxylation is 3. The summed E-state index contributed by atoms with van der Waals surface area (Å²) >= 11 is 11.0. The van der Waals surface area contributed by atoms with Crippen LogP contribution in [0.2, 0.25) is 10.0 Å². The number of carboxylic acid groups (broad SMARTS) is 1. The number of benzene rings is 4. The van der Waals surface area contributed by atoms with Crippen LogP contribution in [-0.4, -0.2) is 79.8 Å². The average Bonchev–Trinajstić information content (AvgIpc) is 3.75. The van der Waals surface area contributed by atoms with Crippen molar-refractivity contribution in [2.45, 2.75) is 27.7 Å². The maximum absolute atomic E-state index is 11.8. The van der Waals surface area contributed by atoms with Crippen LogP contribution < -0.4 is 5.46 Å². The van der Waals surface area contributed by atoms with E-state index >= 15 is 0 Å². The summed E-state index contributed by atoms with van der Waals surface area (Å²) in [6, 6.07) is 24.9. The van der Waals surface area contributed by atoms with Crippen molar-refractivity contribution >= 4 is 88.1 Å². The van der Waals surface area contributed by atoms with E-state index in [1.165, 1.54) is 0 Å². The normalized spacial score (nSPS) is 10.1. The van der Waals surface area contributed by atoms with E-state index in [1.54, 1.807) is 56.3 Å². The van der Waals surface area contributed by atoms with Crippen LogP contribution in [-0.2, 0) is 4.74 Å². The number of esters is 1. The van der Waals surface area contributed by atoms with Gasteiger partial charge in [-0.05, 0) is 17.6 Å². The summed E-state index contributed by atoms with van der Waals surface area (Å²) in [6.45, 7) is 22.2. The van der Waals surface area contributed by atoms with Crippen molar-refractivity contribution in [1.82, 2.24) is 9.97 Å². The number of carbonyl (C=O) groups is 2. The van der Waals surface area contributed by atoms with Gasteiger partial charge in [0.15, 0.2) is 0 Å². The molecule has 0 radical (unpaired) electrons. The molecule has 54 heavy (non-hydrogen) atoms. The quantitative estimate of drug-likeness (QED) is 0.0838. The summed E-state index contributed by atoms with van der Waals surface area (Å²) in [5.74, 6) is -1.20. The van der Waals surface area contributed by atoms with Crippen LogP contribution in [0, 0.1) is 33.9 Å². The van der Waals surface area contributed by atoms with Gasteiger partial charge < -0.3 is 10.0 Å². The number of hydrogen-bond donors (Lipinski definition) is 3. The van der Waals surface area contributed by atoms with Crippen molar-refractivity contribution in [2.24, 2.45) is 0 Å². The van der Waals surface area contributed by atoms with E-state index in [1.807, 2.05) is 56.3 Å². The third-order valence-electron chi connectivity index (χ3n) is 7.51. The first-order chi connectivity index (χ1) is 25.8. The Balaban J connectivity index is 0.000000195. The van der Waals surface area contributed by atoms with Gasteiger partial charge in [0.1, 0.15) is 0 Å². The van der Waals surface area contributed by atoms with Gasteiger partial charge in [0, 0.05) is 5.02 Å². The van der Waals surface area contributed by atoms with Crippen LogP contribution in [0.1, 0.15) is 42.3 Å². The second-order valence-corrected chi connectivity index (χ2v) is 16.3. The molecule has 0 atom stereocenters. The van der Waals surface area contributed by atoms with E-state index in [0.717, 1.165) is 42.6 Å². The molecule has 2 heterocycles. The van der Waals surface area contributed by atoms with Crippen molar-refractivity contribution in [1.29, 1.82) is 0 Å². The molecule has 0 bridgehead atoms. The predicted molar refractivity (Wildman–Crippen MR) is 215 cm³/mol. The first kappa shape index (κ1) is 42.0. The summed E-state index contributed by atoms with van der Waals surface area (Å²) in [4.78, 5) is 39.0. The van der Waals surface area contributed by atoms with E-state index in [2.05, 4.69) is 19.7 Å². The van der Waals surface area contributed by atoms with Gasteiger partial charge in [-0.15, -0.1) is 0 Å². The Morgan fingerprint density at radius 1 is 0.741 bits per heavy atom. The topological polar surface area (TPSA) is 139 Å². The summed E-state index contributed by atoms with van der Waals surface area (Å²) in [5, 5.41) is 27.7. The van der Waals surface area contributed by atoms with Gasteiger partial charge in [0.25, 0.3) is 0 Å². The Labute approximate surface area is 334 Å². The average molecular weight is 891 g/mol. The van der Waals surface area contributed by atoms with Gasteiger partial charge >= 0.3 is 280 Å². The van der Waals surface area contributed by atoms with E-state index < -0.39 is 13.1 Å². The molecule has 0 saturated carbocycles. The van der Waals surface area contributed by atoms with Crippen molar-refractivity contribution < 1.29 is 29.5 Å². The summed E-state index contributed by atoms with van der Waals surface area (Å²) < 4.78 is 7.69. The van der Waals surface area contributed by atoms with E-state index in [9.17, 15) is 14.7 Å². The fourth-order valence-electron chi connectivity index (χ4n) is 4.75. The summed E-state index contributed by atoms with van der Waals surface area (Å²) in [7, 11) is -1.41. The van der Waals surface area contributed by atoms with Crippen molar-refractivity contribution in [3.63, 3.8) is 0 Å².